The highest BCUT2D eigenvalue weighted by Gasteiger charge is 2.30. The predicted molar refractivity (Wildman–Crippen MR) is 60.9 cm³/mol. The predicted octanol–water partition coefficient (Wildman–Crippen LogP) is 1.93. The van der Waals surface area contributed by atoms with Gasteiger partial charge in [0, 0.05) is 25.0 Å². The van der Waals surface area contributed by atoms with E-state index in [0.717, 1.165) is 19.0 Å². The summed E-state index contributed by atoms with van der Waals surface area (Å²) in [6, 6.07) is 1.51. The third-order valence-corrected chi connectivity index (χ3v) is 2.99. The van der Waals surface area contributed by atoms with Gasteiger partial charge in [0.25, 0.3) is 0 Å². The minimum atomic E-state index is 0.647. The molecule has 2 N–H and O–H groups in total. The van der Waals surface area contributed by atoms with Gasteiger partial charge in [-0.1, -0.05) is 19.1 Å². The van der Waals surface area contributed by atoms with Crippen LogP contribution in [0.15, 0.2) is 0 Å². The Bertz CT molecular complexity index is 178. The van der Waals surface area contributed by atoms with E-state index in [1.807, 2.05) is 0 Å². The quantitative estimate of drug-likeness (QED) is 0.664. The summed E-state index contributed by atoms with van der Waals surface area (Å²) in [6.45, 7) is 5.58. The fourth-order valence-corrected chi connectivity index (χ4v) is 1.73. The largest absolute Gasteiger partial charge is 0.393 e. The molecule has 0 bridgehead atoms. The van der Waals surface area contributed by atoms with Crippen LogP contribution in [0.3, 0.4) is 0 Å². The topological polar surface area (TPSA) is 29.3 Å². The highest BCUT2D eigenvalue weighted by atomic mass is 32.1. The molecule has 0 aromatic carbocycles. The van der Waals surface area contributed by atoms with Gasteiger partial charge in [-0.15, -0.1) is 0 Å². The van der Waals surface area contributed by atoms with E-state index in [0.29, 0.717) is 11.0 Å². The summed E-state index contributed by atoms with van der Waals surface area (Å²) in [4.78, 5) is 3.20. The minimum absolute atomic E-state index is 0.647. The van der Waals surface area contributed by atoms with Crippen molar-refractivity contribution in [2.24, 2.45) is 5.73 Å². The lowest BCUT2D eigenvalue weighted by Crippen LogP contribution is -2.36. The molecule has 0 heterocycles. The van der Waals surface area contributed by atoms with Crippen molar-refractivity contribution >= 4 is 17.2 Å². The number of thiocarbonyl (C=S) groups is 1. The molecule has 0 aromatic heterocycles. The summed E-state index contributed by atoms with van der Waals surface area (Å²) in [6.07, 6.45) is 4.81. The van der Waals surface area contributed by atoms with Crippen molar-refractivity contribution < 1.29 is 0 Å². The van der Waals surface area contributed by atoms with E-state index in [4.69, 9.17) is 18.0 Å². The molecule has 1 unspecified atom stereocenters. The summed E-state index contributed by atoms with van der Waals surface area (Å²) in [7, 11) is 0. The normalized spacial score (nSPS) is 19.0. The molecule has 0 aliphatic heterocycles. The molecular formula is C10H20N2S. The van der Waals surface area contributed by atoms with E-state index in [2.05, 4.69) is 18.7 Å². The van der Waals surface area contributed by atoms with Crippen LogP contribution in [0.1, 0.15) is 39.5 Å². The Hall–Kier alpha value is -0.150. The van der Waals surface area contributed by atoms with Gasteiger partial charge in [0.05, 0.1) is 4.99 Å². The number of hydrogen-bond acceptors (Lipinski definition) is 2. The van der Waals surface area contributed by atoms with E-state index in [-0.39, 0.29) is 0 Å². The van der Waals surface area contributed by atoms with E-state index in [1.165, 1.54) is 19.3 Å². The zero-order valence-electron chi connectivity index (χ0n) is 8.62. The second-order valence-electron chi connectivity index (χ2n) is 3.94. The maximum absolute atomic E-state index is 5.51. The average molecular weight is 200 g/mol. The van der Waals surface area contributed by atoms with Gasteiger partial charge in [-0.25, -0.2) is 0 Å². The van der Waals surface area contributed by atoms with Crippen LogP contribution in [0, 0.1) is 0 Å². The molecule has 1 atom stereocenters. The van der Waals surface area contributed by atoms with Gasteiger partial charge in [0.15, 0.2) is 0 Å². The standard InChI is InChI=1S/C10H20N2S/c1-3-8(2)12(9-4-5-9)7-6-10(11)13/h8-9H,3-7H2,1-2H3,(H2,11,13). The first-order valence-electron chi connectivity index (χ1n) is 5.19. The average Bonchev–Trinajstić information content (AvgIpc) is 2.87. The molecule has 1 aliphatic rings. The van der Waals surface area contributed by atoms with Crippen molar-refractivity contribution in [3.05, 3.63) is 0 Å². The SMILES string of the molecule is CCC(C)N(CCC(N)=S)C1CC1. The van der Waals surface area contributed by atoms with Crippen LogP contribution in [-0.4, -0.2) is 28.5 Å². The van der Waals surface area contributed by atoms with Crippen LogP contribution in [-0.2, 0) is 0 Å². The number of nitrogens with zero attached hydrogens (tertiary/aromatic N) is 1. The van der Waals surface area contributed by atoms with Crippen molar-refractivity contribution in [1.29, 1.82) is 0 Å². The van der Waals surface area contributed by atoms with E-state index >= 15 is 0 Å². The molecule has 0 aromatic rings. The first-order valence-corrected chi connectivity index (χ1v) is 5.60. The Labute approximate surface area is 86.5 Å². The highest BCUT2D eigenvalue weighted by Crippen LogP contribution is 2.29. The summed E-state index contributed by atoms with van der Waals surface area (Å²) in [5, 5.41) is 0. The molecule has 0 radical (unpaired) electrons. The molecule has 0 amide bonds. The zero-order chi connectivity index (χ0) is 9.84. The van der Waals surface area contributed by atoms with Gasteiger partial charge >= 0.3 is 0 Å². The lowest BCUT2D eigenvalue weighted by Gasteiger charge is -2.28. The molecular weight excluding hydrogens is 180 g/mol. The molecule has 3 heteroatoms. The molecule has 13 heavy (non-hydrogen) atoms. The fourth-order valence-electron chi connectivity index (χ4n) is 1.64. The Morgan fingerprint density at radius 2 is 2.23 bits per heavy atom. The lowest BCUT2D eigenvalue weighted by molar-refractivity contribution is 0.199. The Kier molecular flexibility index (Phi) is 4.13. The fraction of sp³-hybridized carbons (Fsp3) is 0.900. The van der Waals surface area contributed by atoms with Crippen molar-refractivity contribution in [3.8, 4) is 0 Å². The number of hydrogen-bond donors (Lipinski definition) is 1. The van der Waals surface area contributed by atoms with Crippen LogP contribution < -0.4 is 5.73 Å². The Morgan fingerprint density at radius 1 is 1.62 bits per heavy atom. The lowest BCUT2D eigenvalue weighted by atomic mass is 10.2. The molecule has 76 valence electrons. The summed E-state index contributed by atoms with van der Waals surface area (Å²) in [5.74, 6) is 0. The van der Waals surface area contributed by atoms with Gasteiger partial charge in [-0.3, -0.25) is 4.90 Å². The molecule has 0 saturated heterocycles. The minimum Gasteiger partial charge on any atom is -0.393 e. The molecule has 0 spiro atoms. The maximum Gasteiger partial charge on any atom is 0.0740 e. The van der Waals surface area contributed by atoms with Crippen molar-refractivity contribution in [2.75, 3.05) is 6.54 Å². The summed E-state index contributed by atoms with van der Waals surface area (Å²) >= 11 is 4.89. The first kappa shape index (κ1) is 10.9. The van der Waals surface area contributed by atoms with Gasteiger partial charge < -0.3 is 5.73 Å². The summed E-state index contributed by atoms with van der Waals surface area (Å²) in [5.41, 5.74) is 5.51. The third-order valence-electron chi connectivity index (χ3n) is 2.79. The molecule has 1 aliphatic carbocycles. The highest BCUT2D eigenvalue weighted by molar-refractivity contribution is 7.80. The molecule has 2 nitrogen and oxygen atoms in total. The van der Waals surface area contributed by atoms with Crippen LogP contribution >= 0.6 is 12.2 Å². The van der Waals surface area contributed by atoms with Gasteiger partial charge in [0.1, 0.15) is 0 Å². The molecule has 1 rings (SSSR count). The second kappa shape index (κ2) is 4.91. The van der Waals surface area contributed by atoms with Gasteiger partial charge in [0.2, 0.25) is 0 Å². The van der Waals surface area contributed by atoms with E-state index in [9.17, 15) is 0 Å². The number of rotatable bonds is 6. The van der Waals surface area contributed by atoms with E-state index in [1.54, 1.807) is 0 Å². The van der Waals surface area contributed by atoms with E-state index < -0.39 is 0 Å². The Balaban J connectivity index is 2.33. The smallest absolute Gasteiger partial charge is 0.0740 e. The van der Waals surface area contributed by atoms with Gasteiger partial charge in [-0.05, 0) is 26.2 Å². The monoisotopic (exact) mass is 200 g/mol. The number of nitrogens with two attached hydrogens (primary N) is 1. The van der Waals surface area contributed by atoms with Crippen LogP contribution in [0.5, 0.6) is 0 Å². The second-order valence-corrected chi connectivity index (χ2v) is 4.47. The summed E-state index contributed by atoms with van der Waals surface area (Å²) < 4.78 is 0. The molecule has 1 fully saturated rings. The maximum atomic E-state index is 5.51. The first-order chi connectivity index (χ1) is 6.15. The zero-order valence-corrected chi connectivity index (χ0v) is 9.44. The van der Waals surface area contributed by atoms with Crippen LogP contribution in [0.25, 0.3) is 0 Å². The Morgan fingerprint density at radius 3 is 2.62 bits per heavy atom. The third kappa shape index (κ3) is 3.61. The van der Waals surface area contributed by atoms with Gasteiger partial charge in [-0.2, -0.15) is 0 Å². The molecule has 1 saturated carbocycles. The van der Waals surface area contributed by atoms with Crippen LogP contribution in [0.4, 0.5) is 0 Å². The van der Waals surface area contributed by atoms with Crippen molar-refractivity contribution in [3.63, 3.8) is 0 Å². The van der Waals surface area contributed by atoms with Crippen LogP contribution in [0.2, 0.25) is 0 Å². The van der Waals surface area contributed by atoms with Crippen molar-refractivity contribution in [1.82, 2.24) is 4.90 Å². The van der Waals surface area contributed by atoms with Crippen molar-refractivity contribution in [2.45, 2.75) is 51.6 Å².